The Bertz CT molecular complexity index is 390. The van der Waals surface area contributed by atoms with Gasteiger partial charge in [0.05, 0.1) is 13.7 Å². The predicted octanol–water partition coefficient (Wildman–Crippen LogP) is 3.16. The van der Waals surface area contributed by atoms with E-state index in [1.807, 2.05) is 12.1 Å². The van der Waals surface area contributed by atoms with E-state index in [4.69, 9.17) is 9.47 Å². The van der Waals surface area contributed by atoms with E-state index in [-0.39, 0.29) is 0 Å². The number of rotatable bonds is 8. The maximum absolute atomic E-state index is 5.47. The lowest BCUT2D eigenvalue weighted by Crippen LogP contribution is -2.38. The highest BCUT2D eigenvalue weighted by Crippen LogP contribution is 2.35. The standard InChI is InChI=1S/C16H25NO2/c1-4-14(13-7-5-6-8-16(13)19-3)17-15(11-18-2)12-9-10-12/h5-8,12,14-15,17H,4,9-11H2,1-3H3. The van der Waals surface area contributed by atoms with Crippen molar-refractivity contribution in [3.63, 3.8) is 0 Å². The van der Waals surface area contributed by atoms with Gasteiger partial charge in [-0.15, -0.1) is 0 Å². The molecule has 1 saturated carbocycles. The lowest BCUT2D eigenvalue weighted by atomic mass is 10.0. The molecule has 0 bridgehead atoms. The average molecular weight is 263 g/mol. The molecule has 0 radical (unpaired) electrons. The minimum absolute atomic E-state index is 0.330. The molecule has 0 amide bonds. The highest BCUT2D eigenvalue weighted by atomic mass is 16.5. The molecule has 1 aliphatic carbocycles. The smallest absolute Gasteiger partial charge is 0.123 e. The zero-order valence-electron chi connectivity index (χ0n) is 12.2. The van der Waals surface area contributed by atoms with E-state index in [2.05, 4.69) is 24.4 Å². The van der Waals surface area contributed by atoms with Gasteiger partial charge in [0.1, 0.15) is 5.75 Å². The summed E-state index contributed by atoms with van der Waals surface area (Å²) < 4.78 is 10.8. The Balaban J connectivity index is 2.09. The molecule has 1 N–H and O–H groups in total. The van der Waals surface area contributed by atoms with Gasteiger partial charge in [-0.1, -0.05) is 25.1 Å². The second-order valence-electron chi connectivity index (χ2n) is 5.27. The molecule has 0 aromatic heterocycles. The molecule has 3 heteroatoms. The highest BCUT2D eigenvalue weighted by molar-refractivity contribution is 5.35. The van der Waals surface area contributed by atoms with Crippen LogP contribution in [0.2, 0.25) is 0 Å². The Kier molecular flexibility index (Phi) is 5.23. The van der Waals surface area contributed by atoms with Gasteiger partial charge >= 0.3 is 0 Å². The fourth-order valence-electron chi connectivity index (χ4n) is 2.64. The maximum Gasteiger partial charge on any atom is 0.123 e. The third kappa shape index (κ3) is 3.71. The van der Waals surface area contributed by atoms with Crippen LogP contribution in [-0.4, -0.2) is 26.9 Å². The zero-order chi connectivity index (χ0) is 13.7. The summed E-state index contributed by atoms with van der Waals surface area (Å²) in [6, 6.07) is 9.06. The lowest BCUT2D eigenvalue weighted by Gasteiger charge is -2.26. The first kappa shape index (κ1) is 14.4. The van der Waals surface area contributed by atoms with E-state index in [1.165, 1.54) is 18.4 Å². The summed E-state index contributed by atoms with van der Waals surface area (Å²) in [6.45, 7) is 3.00. The second kappa shape index (κ2) is 6.92. The molecule has 106 valence electrons. The van der Waals surface area contributed by atoms with Crippen molar-refractivity contribution < 1.29 is 9.47 Å². The third-order valence-corrected chi connectivity index (χ3v) is 3.88. The van der Waals surface area contributed by atoms with Crippen molar-refractivity contribution in [3.8, 4) is 5.75 Å². The van der Waals surface area contributed by atoms with Crippen LogP contribution in [-0.2, 0) is 4.74 Å². The van der Waals surface area contributed by atoms with Crippen LogP contribution in [0.3, 0.4) is 0 Å². The SMILES string of the molecule is CCC(NC(COC)C1CC1)c1ccccc1OC. The number of hydrogen-bond donors (Lipinski definition) is 1. The Morgan fingerprint density at radius 2 is 2.00 bits per heavy atom. The van der Waals surface area contributed by atoms with Crippen LogP contribution in [0.15, 0.2) is 24.3 Å². The minimum atomic E-state index is 0.330. The third-order valence-electron chi connectivity index (χ3n) is 3.88. The highest BCUT2D eigenvalue weighted by Gasteiger charge is 2.32. The van der Waals surface area contributed by atoms with Gasteiger partial charge in [-0.2, -0.15) is 0 Å². The van der Waals surface area contributed by atoms with Gasteiger partial charge in [-0.05, 0) is 31.2 Å². The Morgan fingerprint density at radius 3 is 2.58 bits per heavy atom. The fraction of sp³-hybridized carbons (Fsp3) is 0.625. The van der Waals surface area contributed by atoms with Gasteiger partial charge in [0.2, 0.25) is 0 Å². The molecule has 1 aromatic rings. The fourth-order valence-corrected chi connectivity index (χ4v) is 2.64. The molecule has 0 spiro atoms. The van der Waals surface area contributed by atoms with Crippen LogP contribution in [0.1, 0.15) is 37.8 Å². The van der Waals surface area contributed by atoms with E-state index in [0.29, 0.717) is 12.1 Å². The van der Waals surface area contributed by atoms with Crippen LogP contribution >= 0.6 is 0 Å². The monoisotopic (exact) mass is 263 g/mol. The zero-order valence-corrected chi connectivity index (χ0v) is 12.2. The largest absolute Gasteiger partial charge is 0.496 e. The number of methoxy groups -OCH3 is 2. The van der Waals surface area contributed by atoms with Crippen LogP contribution < -0.4 is 10.1 Å². The van der Waals surface area contributed by atoms with Crippen LogP contribution in [0.5, 0.6) is 5.75 Å². The molecule has 0 aliphatic heterocycles. The molecule has 3 nitrogen and oxygen atoms in total. The summed E-state index contributed by atoms with van der Waals surface area (Å²) in [7, 11) is 3.51. The molecule has 1 fully saturated rings. The number of para-hydroxylation sites is 1. The normalized spacial score (nSPS) is 18.1. The molecule has 0 heterocycles. The number of ether oxygens (including phenoxy) is 2. The summed E-state index contributed by atoms with van der Waals surface area (Å²) in [6.07, 6.45) is 3.69. The first-order chi connectivity index (χ1) is 9.30. The van der Waals surface area contributed by atoms with Crippen molar-refractivity contribution in [2.45, 2.75) is 38.3 Å². The first-order valence-electron chi connectivity index (χ1n) is 7.18. The van der Waals surface area contributed by atoms with Crippen molar-refractivity contribution in [1.82, 2.24) is 5.32 Å². The van der Waals surface area contributed by atoms with E-state index < -0.39 is 0 Å². The number of benzene rings is 1. The van der Waals surface area contributed by atoms with Crippen molar-refractivity contribution >= 4 is 0 Å². The Labute approximate surface area is 116 Å². The molecule has 0 saturated heterocycles. The van der Waals surface area contributed by atoms with Crippen LogP contribution in [0.4, 0.5) is 0 Å². The predicted molar refractivity (Wildman–Crippen MR) is 77.5 cm³/mol. The second-order valence-corrected chi connectivity index (χ2v) is 5.27. The van der Waals surface area contributed by atoms with Gasteiger partial charge in [0.25, 0.3) is 0 Å². The van der Waals surface area contributed by atoms with Crippen molar-refractivity contribution in [2.24, 2.45) is 5.92 Å². The number of hydrogen-bond acceptors (Lipinski definition) is 3. The Morgan fingerprint density at radius 1 is 1.26 bits per heavy atom. The molecule has 2 unspecified atom stereocenters. The van der Waals surface area contributed by atoms with Crippen molar-refractivity contribution in [2.75, 3.05) is 20.8 Å². The molecular formula is C16H25NO2. The van der Waals surface area contributed by atoms with Gasteiger partial charge in [0, 0.05) is 24.8 Å². The van der Waals surface area contributed by atoms with E-state index in [1.54, 1.807) is 14.2 Å². The van der Waals surface area contributed by atoms with E-state index in [0.717, 1.165) is 24.7 Å². The lowest BCUT2D eigenvalue weighted by molar-refractivity contribution is 0.150. The summed E-state index contributed by atoms with van der Waals surface area (Å²) in [4.78, 5) is 0. The van der Waals surface area contributed by atoms with Crippen LogP contribution in [0, 0.1) is 5.92 Å². The first-order valence-corrected chi connectivity index (χ1v) is 7.18. The molecular weight excluding hydrogens is 238 g/mol. The molecule has 2 rings (SSSR count). The van der Waals surface area contributed by atoms with Gasteiger partial charge in [0.15, 0.2) is 0 Å². The molecule has 1 aromatic carbocycles. The van der Waals surface area contributed by atoms with E-state index >= 15 is 0 Å². The van der Waals surface area contributed by atoms with Crippen LogP contribution in [0.25, 0.3) is 0 Å². The van der Waals surface area contributed by atoms with Gasteiger partial charge < -0.3 is 14.8 Å². The summed E-state index contributed by atoms with van der Waals surface area (Å²) in [5, 5.41) is 3.75. The molecule has 19 heavy (non-hydrogen) atoms. The van der Waals surface area contributed by atoms with Crippen molar-refractivity contribution in [3.05, 3.63) is 29.8 Å². The summed E-state index contributed by atoms with van der Waals surface area (Å²) in [5.41, 5.74) is 1.24. The number of nitrogens with one attached hydrogen (secondary N) is 1. The minimum Gasteiger partial charge on any atom is -0.496 e. The maximum atomic E-state index is 5.47. The Hall–Kier alpha value is -1.06. The van der Waals surface area contributed by atoms with Gasteiger partial charge in [-0.25, -0.2) is 0 Å². The summed E-state index contributed by atoms with van der Waals surface area (Å²) >= 11 is 0. The molecule has 1 aliphatic rings. The quantitative estimate of drug-likeness (QED) is 0.781. The van der Waals surface area contributed by atoms with Gasteiger partial charge in [-0.3, -0.25) is 0 Å². The van der Waals surface area contributed by atoms with E-state index in [9.17, 15) is 0 Å². The van der Waals surface area contributed by atoms with Crippen molar-refractivity contribution in [1.29, 1.82) is 0 Å². The summed E-state index contributed by atoms with van der Waals surface area (Å²) in [5.74, 6) is 1.75. The molecule has 2 atom stereocenters. The topological polar surface area (TPSA) is 30.5 Å². The average Bonchev–Trinajstić information content (AvgIpc) is 3.28.